The first-order chi connectivity index (χ1) is 17.2. The molecule has 0 N–H and O–H groups in total. The number of carbonyl (C=O) groups excluding carboxylic acids is 2. The monoisotopic (exact) mass is 512 g/mol. The summed E-state index contributed by atoms with van der Waals surface area (Å²) in [5, 5.41) is 6.94. The molecule has 3 aromatic rings. The highest BCUT2D eigenvalue weighted by atomic mass is 32.2. The van der Waals surface area contributed by atoms with E-state index in [1.165, 1.54) is 16.7 Å². The van der Waals surface area contributed by atoms with Crippen molar-refractivity contribution < 1.29 is 22.8 Å². The number of carbonyl (C=O) groups is 2. The fourth-order valence-electron chi connectivity index (χ4n) is 3.94. The van der Waals surface area contributed by atoms with Gasteiger partial charge >= 0.3 is 6.43 Å². The maximum atomic E-state index is 13.6. The van der Waals surface area contributed by atoms with Crippen LogP contribution in [0, 0.1) is 0 Å². The first kappa shape index (κ1) is 25.7. The van der Waals surface area contributed by atoms with E-state index in [1.807, 2.05) is 30.0 Å². The highest BCUT2D eigenvalue weighted by molar-refractivity contribution is 7.99. The van der Waals surface area contributed by atoms with E-state index < -0.39 is 17.7 Å². The van der Waals surface area contributed by atoms with E-state index in [-0.39, 0.29) is 18.3 Å². The Balaban J connectivity index is 1.57. The summed E-state index contributed by atoms with van der Waals surface area (Å²) in [5.41, 5.74) is 3.49. The second-order valence-electron chi connectivity index (χ2n) is 9.10. The molecule has 10 heteroatoms. The minimum atomic E-state index is -2.85. The number of aldehydes is 1. The van der Waals surface area contributed by atoms with Gasteiger partial charge in [-0.2, -0.15) is 20.5 Å². The van der Waals surface area contributed by atoms with Crippen molar-refractivity contribution in [1.82, 2.24) is 20.1 Å². The molecular formula is C26H26F2N4O3S. The van der Waals surface area contributed by atoms with Crippen LogP contribution in [-0.2, 0) is 16.8 Å². The van der Waals surface area contributed by atoms with Crippen LogP contribution >= 0.6 is 11.8 Å². The van der Waals surface area contributed by atoms with Gasteiger partial charge in [-0.1, -0.05) is 18.2 Å². The zero-order valence-electron chi connectivity index (χ0n) is 20.2. The Labute approximate surface area is 212 Å². The summed E-state index contributed by atoms with van der Waals surface area (Å²) >= 11 is 1.87. The molecule has 2 aromatic heterocycles. The Bertz CT molecular complexity index is 1290. The molecule has 3 heterocycles. The van der Waals surface area contributed by atoms with E-state index in [1.54, 1.807) is 33.0 Å². The van der Waals surface area contributed by atoms with Crippen LogP contribution in [0.4, 0.5) is 8.78 Å². The van der Waals surface area contributed by atoms with Gasteiger partial charge in [0.2, 0.25) is 5.89 Å². The highest BCUT2D eigenvalue weighted by Gasteiger charge is 2.28. The summed E-state index contributed by atoms with van der Waals surface area (Å²) in [6, 6.07) is 9.03. The van der Waals surface area contributed by atoms with Crippen LogP contribution in [0.1, 0.15) is 59.8 Å². The van der Waals surface area contributed by atoms with Gasteiger partial charge in [-0.05, 0) is 60.9 Å². The lowest BCUT2D eigenvalue weighted by atomic mass is 9.81. The quantitative estimate of drug-likeness (QED) is 0.377. The standard InChI is InChI=1S/C26H26F2N4O3S/c1-26(2,15-33)21-7-5-17(16-8-10-36-11-9-16)12-20(21)25(34)32(3)14-19-6-4-18(13-29-19)23-30-31-24(35-23)22(27)28/h4-8,12-13,15,22H,9-11,14H2,1-3H3. The van der Waals surface area contributed by atoms with Crippen LogP contribution in [0.25, 0.3) is 17.0 Å². The molecule has 188 valence electrons. The minimum Gasteiger partial charge on any atom is -0.415 e. The number of hydrogen-bond acceptors (Lipinski definition) is 7. The van der Waals surface area contributed by atoms with Crippen molar-refractivity contribution in [3.05, 3.63) is 70.9 Å². The molecule has 0 saturated carbocycles. The summed E-state index contributed by atoms with van der Waals surface area (Å²) in [6.07, 6.45) is 2.56. The number of pyridine rings is 1. The molecule has 0 bridgehead atoms. The molecule has 1 aliphatic heterocycles. The molecule has 0 radical (unpaired) electrons. The lowest BCUT2D eigenvalue weighted by molar-refractivity contribution is -0.111. The Kier molecular flexibility index (Phi) is 7.63. The molecule has 1 aromatic carbocycles. The van der Waals surface area contributed by atoms with Crippen LogP contribution in [0.3, 0.4) is 0 Å². The van der Waals surface area contributed by atoms with Crippen molar-refractivity contribution in [2.75, 3.05) is 18.6 Å². The van der Waals surface area contributed by atoms with Gasteiger partial charge in [0.15, 0.2) is 0 Å². The molecule has 36 heavy (non-hydrogen) atoms. The van der Waals surface area contributed by atoms with Gasteiger partial charge in [-0.25, -0.2) is 0 Å². The molecule has 0 aliphatic carbocycles. The summed E-state index contributed by atoms with van der Waals surface area (Å²) in [7, 11) is 1.67. The molecule has 0 atom stereocenters. The second kappa shape index (κ2) is 10.7. The van der Waals surface area contributed by atoms with Gasteiger partial charge in [-0.3, -0.25) is 9.78 Å². The SMILES string of the molecule is CN(Cc1ccc(-c2nnc(C(F)F)o2)cn1)C(=O)c1cc(C2=CCSCC2)ccc1C(C)(C)C=O. The van der Waals surface area contributed by atoms with E-state index in [2.05, 4.69) is 21.3 Å². The lowest BCUT2D eigenvalue weighted by Crippen LogP contribution is -2.31. The molecule has 0 unspecified atom stereocenters. The van der Waals surface area contributed by atoms with Crippen LogP contribution in [0.5, 0.6) is 0 Å². The number of alkyl halides is 2. The number of nitrogens with zero attached hydrogens (tertiary/aromatic N) is 4. The highest BCUT2D eigenvalue weighted by Crippen LogP contribution is 2.32. The predicted molar refractivity (Wildman–Crippen MR) is 134 cm³/mol. The van der Waals surface area contributed by atoms with Gasteiger partial charge in [0.1, 0.15) is 6.29 Å². The lowest BCUT2D eigenvalue weighted by Gasteiger charge is -2.25. The molecule has 1 aliphatic rings. The van der Waals surface area contributed by atoms with Crippen LogP contribution in [0.2, 0.25) is 0 Å². The third-order valence-corrected chi connectivity index (χ3v) is 6.91. The molecular weight excluding hydrogens is 486 g/mol. The van der Waals surface area contributed by atoms with Crippen LogP contribution < -0.4 is 0 Å². The van der Waals surface area contributed by atoms with E-state index in [0.717, 1.165) is 29.8 Å². The molecule has 4 rings (SSSR count). The van der Waals surface area contributed by atoms with Gasteiger partial charge in [-0.15, -0.1) is 10.2 Å². The smallest absolute Gasteiger partial charge is 0.314 e. The summed E-state index contributed by atoms with van der Waals surface area (Å²) in [4.78, 5) is 31.3. The zero-order valence-corrected chi connectivity index (χ0v) is 21.0. The number of halogens is 2. The predicted octanol–water partition coefficient (Wildman–Crippen LogP) is 5.34. The molecule has 1 amide bonds. The largest absolute Gasteiger partial charge is 0.415 e. The van der Waals surface area contributed by atoms with Crippen molar-refractivity contribution in [1.29, 1.82) is 0 Å². The molecule has 0 saturated heterocycles. The average Bonchev–Trinajstić information content (AvgIpc) is 3.40. The third-order valence-electron chi connectivity index (χ3n) is 6.02. The first-order valence-electron chi connectivity index (χ1n) is 11.4. The fraction of sp³-hybridized carbons (Fsp3) is 0.346. The van der Waals surface area contributed by atoms with Gasteiger partial charge < -0.3 is 14.1 Å². The number of aromatic nitrogens is 3. The van der Waals surface area contributed by atoms with Crippen molar-refractivity contribution in [2.24, 2.45) is 0 Å². The Morgan fingerprint density at radius 2 is 2.00 bits per heavy atom. The van der Waals surface area contributed by atoms with E-state index in [4.69, 9.17) is 4.42 Å². The van der Waals surface area contributed by atoms with E-state index in [0.29, 0.717) is 22.4 Å². The fourth-order valence-corrected chi connectivity index (χ4v) is 4.79. The minimum absolute atomic E-state index is 0.0539. The Morgan fingerprint density at radius 3 is 2.61 bits per heavy atom. The number of rotatable bonds is 8. The van der Waals surface area contributed by atoms with E-state index in [9.17, 15) is 18.4 Å². The number of benzene rings is 1. The Hall–Kier alpha value is -3.40. The molecule has 7 nitrogen and oxygen atoms in total. The molecule has 0 fully saturated rings. The van der Waals surface area contributed by atoms with Crippen molar-refractivity contribution >= 4 is 29.5 Å². The summed E-state index contributed by atoms with van der Waals surface area (Å²) < 4.78 is 30.4. The second-order valence-corrected chi connectivity index (χ2v) is 10.2. The van der Waals surface area contributed by atoms with Gasteiger partial charge in [0.25, 0.3) is 11.8 Å². The number of hydrogen-bond donors (Lipinski definition) is 0. The van der Waals surface area contributed by atoms with Gasteiger partial charge in [0, 0.05) is 30.0 Å². The van der Waals surface area contributed by atoms with Crippen LogP contribution in [0.15, 0.2) is 47.0 Å². The van der Waals surface area contributed by atoms with Crippen molar-refractivity contribution in [2.45, 2.75) is 38.7 Å². The number of amides is 1. The number of thioether (sulfide) groups is 1. The number of allylic oxidation sites excluding steroid dienone is 1. The average molecular weight is 513 g/mol. The topological polar surface area (TPSA) is 89.2 Å². The third kappa shape index (κ3) is 5.53. The van der Waals surface area contributed by atoms with Crippen molar-refractivity contribution in [3.8, 4) is 11.5 Å². The maximum absolute atomic E-state index is 13.6. The van der Waals surface area contributed by atoms with E-state index >= 15 is 0 Å². The Morgan fingerprint density at radius 1 is 1.22 bits per heavy atom. The normalized spacial score (nSPS) is 14.0. The van der Waals surface area contributed by atoms with Crippen molar-refractivity contribution in [3.63, 3.8) is 0 Å². The first-order valence-corrected chi connectivity index (χ1v) is 12.6. The summed E-state index contributed by atoms with van der Waals surface area (Å²) in [6.45, 7) is 3.79. The van der Waals surface area contributed by atoms with Crippen LogP contribution in [-0.4, -0.2) is 50.8 Å². The van der Waals surface area contributed by atoms with Gasteiger partial charge in [0.05, 0.1) is 17.8 Å². The molecule has 0 spiro atoms. The maximum Gasteiger partial charge on any atom is 0.314 e. The summed E-state index contributed by atoms with van der Waals surface area (Å²) in [5.74, 6) is 0.942. The zero-order chi connectivity index (χ0) is 25.9.